The molecule has 1 atom stereocenters. The summed E-state index contributed by atoms with van der Waals surface area (Å²) in [5, 5.41) is 0.812. The smallest absolute Gasteiger partial charge is 0.317 e. The molecule has 17 heavy (non-hydrogen) atoms. The number of hydrogen-bond acceptors (Lipinski definition) is 1. The van der Waals surface area contributed by atoms with Gasteiger partial charge in [-0.3, -0.25) is 4.79 Å². The molecule has 0 saturated carbocycles. The molecule has 0 radical (unpaired) electrons. The van der Waals surface area contributed by atoms with Crippen LogP contribution in [0.15, 0.2) is 12.2 Å². The Balaban J connectivity index is 4.94. The molecule has 0 fully saturated rings. The van der Waals surface area contributed by atoms with E-state index in [1.54, 1.807) is 0 Å². The first kappa shape index (κ1) is 15.7. The Bertz CT molecular complexity index is 315. The Labute approximate surface area is 91.5 Å². The number of rotatable bonds is 5. The minimum absolute atomic E-state index is 0.441. The summed E-state index contributed by atoms with van der Waals surface area (Å²) in [4.78, 5) is 10.7. The number of hydrogen-bond donors (Lipinski definition) is 1. The van der Waals surface area contributed by atoms with Crippen LogP contribution in [0, 0.1) is 0 Å². The van der Waals surface area contributed by atoms with Crippen LogP contribution in [-0.2, 0) is 4.79 Å². The number of halogens is 7. The molecule has 0 aromatic heterocycles. The Morgan fingerprint density at radius 2 is 1.53 bits per heavy atom. The van der Waals surface area contributed by atoms with Gasteiger partial charge in [-0.25, -0.2) is 13.2 Å². The standard InChI is InChI=1S/C8H8F7NO/c1-3(2)4(17)16-6(11)8(14,15)7(12,13)5(9)10/h5-6H,1H2,2H3,(H,16,17)/t6-/m0/s1. The van der Waals surface area contributed by atoms with E-state index < -0.39 is 36.0 Å². The van der Waals surface area contributed by atoms with Gasteiger partial charge >= 0.3 is 18.3 Å². The van der Waals surface area contributed by atoms with Crippen molar-refractivity contribution in [1.82, 2.24) is 5.32 Å². The van der Waals surface area contributed by atoms with E-state index in [9.17, 15) is 35.5 Å². The monoisotopic (exact) mass is 267 g/mol. The third kappa shape index (κ3) is 3.10. The van der Waals surface area contributed by atoms with Gasteiger partial charge < -0.3 is 5.32 Å². The van der Waals surface area contributed by atoms with Gasteiger partial charge in [-0.1, -0.05) is 6.58 Å². The van der Waals surface area contributed by atoms with Crippen LogP contribution >= 0.6 is 0 Å². The highest BCUT2D eigenvalue weighted by molar-refractivity contribution is 5.92. The molecule has 0 bridgehead atoms. The third-order valence-corrected chi connectivity index (χ3v) is 1.68. The Kier molecular flexibility index (Phi) is 4.55. The van der Waals surface area contributed by atoms with Gasteiger partial charge in [-0.2, -0.15) is 17.6 Å². The summed E-state index contributed by atoms with van der Waals surface area (Å²) in [6.07, 6.45) is -8.71. The number of amides is 1. The maximum atomic E-state index is 12.7. The maximum absolute atomic E-state index is 12.7. The quantitative estimate of drug-likeness (QED) is 0.463. The number of nitrogens with one attached hydrogen (secondary N) is 1. The minimum Gasteiger partial charge on any atom is -0.317 e. The van der Waals surface area contributed by atoms with E-state index >= 15 is 0 Å². The van der Waals surface area contributed by atoms with E-state index in [4.69, 9.17) is 0 Å². The molecule has 0 aromatic carbocycles. The van der Waals surface area contributed by atoms with Crippen LogP contribution in [0.4, 0.5) is 30.7 Å². The third-order valence-electron chi connectivity index (χ3n) is 1.68. The van der Waals surface area contributed by atoms with Gasteiger partial charge in [0.2, 0.25) is 12.2 Å². The number of carbonyl (C=O) groups excluding carboxylic acids is 1. The molecule has 0 heterocycles. The molecule has 1 amide bonds. The van der Waals surface area contributed by atoms with Crippen molar-refractivity contribution in [2.45, 2.75) is 31.5 Å². The number of carbonyl (C=O) groups is 1. The zero-order valence-corrected chi connectivity index (χ0v) is 8.42. The van der Waals surface area contributed by atoms with Gasteiger partial charge in [0.1, 0.15) is 0 Å². The second-order valence-corrected chi connectivity index (χ2v) is 3.16. The average molecular weight is 267 g/mol. The molecule has 100 valence electrons. The van der Waals surface area contributed by atoms with Crippen molar-refractivity contribution in [3.8, 4) is 0 Å². The van der Waals surface area contributed by atoms with Crippen molar-refractivity contribution in [3.05, 3.63) is 12.2 Å². The normalized spacial score (nSPS) is 14.6. The van der Waals surface area contributed by atoms with Crippen LogP contribution in [0.2, 0.25) is 0 Å². The van der Waals surface area contributed by atoms with Crippen LogP contribution in [0.25, 0.3) is 0 Å². The molecule has 0 aliphatic carbocycles. The fourth-order valence-electron chi connectivity index (χ4n) is 0.643. The van der Waals surface area contributed by atoms with E-state index in [1.165, 1.54) is 0 Å². The summed E-state index contributed by atoms with van der Waals surface area (Å²) in [5.74, 6) is -13.1. The van der Waals surface area contributed by atoms with Gasteiger partial charge in [0.05, 0.1) is 0 Å². The van der Waals surface area contributed by atoms with Crippen LogP contribution in [0.1, 0.15) is 6.92 Å². The molecule has 1 N–H and O–H groups in total. The first-order valence-corrected chi connectivity index (χ1v) is 4.08. The van der Waals surface area contributed by atoms with Crippen molar-refractivity contribution < 1.29 is 35.5 Å². The second-order valence-electron chi connectivity index (χ2n) is 3.16. The number of alkyl halides is 7. The summed E-state index contributed by atoms with van der Waals surface area (Å²) < 4.78 is 85.9. The highest BCUT2D eigenvalue weighted by Gasteiger charge is 2.67. The maximum Gasteiger partial charge on any atom is 0.374 e. The molecular formula is C8H8F7NO. The van der Waals surface area contributed by atoms with Crippen LogP contribution < -0.4 is 5.32 Å². The lowest BCUT2D eigenvalue weighted by molar-refractivity contribution is -0.287. The second kappa shape index (κ2) is 4.92. The molecule has 9 heteroatoms. The van der Waals surface area contributed by atoms with E-state index in [2.05, 4.69) is 6.58 Å². The topological polar surface area (TPSA) is 29.1 Å². The van der Waals surface area contributed by atoms with Gasteiger partial charge in [0.15, 0.2) is 0 Å². The van der Waals surface area contributed by atoms with Crippen molar-refractivity contribution >= 4 is 5.91 Å². The van der Waals surface area contributed by atoms with Crippen molar-refractivity contribution in [1.29, 1.82) is 0 Å². The van der Waals surface area contributed by atoms with Gasteiger partial charge in [0, 0.05) is 5.57 Å². The van der Waals surface area contributed by atoms with Crippen molar-refractivity contribution in [3.63, 3.8) is 0 Å². The van der Waals surface area contributed by atoms with Crippen LogP contribution in [-0.4, -0.2) is 30.5 Å². The summed E-state index contributed by atoms with van der Waals surface area (Å²) in [5.41, 5.74) is -0.441. The molecule has 0 aliphatic heterocycles. The first-order chi connectivity index (χ1) is 7.44. The van der Waals surface area contributed by atoms with Crippen molar-refractivity contribution in [2.24, 2.45) is 0 Å². The van der Waals surface area contributed by atoms with E-state index in [0.29, 0.717) is 0 Å². The predicted octanol–water partition coefficient (Wildman–Crippen LogP) is 2.51. The lowest BCUT2D eigenvalue weighted by Gasteiger charge is -2.28. The molecule has 0 aromatic rings. The zero-order chi connectivity index (χ0) is 14.0. The SMILES string of the molecule is C=C(C)C(=O)N[C@H](F)C(F)(F)C(F)(F)C(F)F. The van der Waals surface area contributed by atoms with Gasteiger partial charge in [0.25, 0.3) is 0 Å². The van der Waals surface area contributed by atoms with E-state index in [1.807, 2.05) is 0 Å². The Morgan fingerprint density at radius 1 is 1.12 bits per heavy atom. The van der Waals surface area contributed by atoms with Gasteiger partial charge in [-0.15, -0.1) is 0 Å². The molecule has 0 saturated heterocycles. The molecule has 0 rings (SSSR count). The van der Waals surface area contributed by atoms with Crippen LogP contribution in [0.3, 0.4) is 0 Å². The molecule has 0 spiro atoms. The van der Waals surface area contributed by atoms with E-state index in [-0.39, 0.29) is 0 Å². The molecule has 0 aliphatic rings. The summed E-state index contributed by atoms with van der Waals surface area (Å²) in [6, 6.07) is 0. The Hall–Kier alpha value is -1.28. The van der Waals surface area contributed by atoms with E-state index in [0.717, 1.165) is 12.2 Å². The highest BCUT2D eigenvalue weighted by Crippen LogP contribution is 2.41. The first-order valence-electron chi connectivity index (χ1n) is 4.08. The molecule has 0 unspecified atom stereocenters. The lowest BCUT2D eigenvalue weighted by Crippen LogP contribution is -2.57. The Morgan fingerprint density at radius 3 is 1.82 bits per heavy atom. The predicted molar refractivity (Wildman–Crippen MR) is 43.8 cm³/mol. The van der Waals surface area contributed by atoms with Gasteiger partial charge in [-0.05, 0) is 6.92 Å². The minimum atomic E-state index is -5.89. The molecular weight excluding hydrogens is 259 g/mol. The summed E-state index contributed by atoms with van der Waals surface area (Å²) in [6.45, 7) is 3.92. The summed E-state index contributed by atoms with van der Waals surface area (Å²) >= 11 is 0. The highest BCUT2D eigenvalue weighted by atomic mass is 19.3. The fraction of sp³-hybridized carbons (Fsp3) is 0.625. The van der Waals surface area contributed by atoms with Crippen molar-refractivity contribution in [2.75, 3.05) is 0 Å². The molecule has 2 nitrogen and oxygen atoms in total. The lowest BCUT2D eigenvalue weighted by atomic mass is 10.1. The zero-order valence-electron chi connectivity index (χ0n) is 8.42. The largest absolute Gasteiger partial charge is 0.374 e. The van der Waals surface area contributed by atoms with Crippen LogP contribution in [0.5, 0.6) is 0 Å². The fourth-order valence-corrected chi connectivity index (χ4v) is 0.643. The average Bonchev–Trinajstić information content (AvgIpc) is 2.16. The summed E-state index contributed by atoms with van der Waals surface area (Å²) in [7, 11) is 0.